The van der Waals surface area contributed by atoms with Crippen LogP contribution in [-0.2, 0) is 21.5 Å². The van der Waals surface area contributed by atoms with Crippen molar-refractivity contribution in [3.05, 3.63) is 44.7 Å². The van der Waals surface area contributed by atoms with Crippen molar-refractivity contribution in [1.29, 1.82) is 5.26 Å². The maximum absolute atomic E-state index is 11.3. The summed E-state index contributed by atoms with van der Waals surface area (Å²) in [7, 11) is 1.55. The van der Waals surface area contributed by atoms with Crippen molar-refractivity contribution >= 4 is 34.7 Å². The third kappa shape index (κ3) is 6.46. The first kappa shape index (κ1) is 25.0. The molecule has 1 saturated carbocycles. The molecule has 1 aliphatic carbocycles. The number of halogens is 1. The predicted octanol–water partition coefficient (Wildman–Crippen LogP) is 5.07. The number of amidine groups is 1. The number of aromatic nitrogens is 1. The lowest BCUT2D eigenvalue weighted by Crippen LogP contribution is -2.21. The van der Waals surface area contributed by atoms with Gasteiger partial charge in [-0.25, -0.2) is 0 Å². The molecule has 2 unspecified atom stereocenters. The standard InChI is InChI=1S/C24H29ClN4O3S/c1-15(30)32-18-8-6-16(10-18)12-29-13-21(24(2,3)4)33-23(29)28-22(27-14-26)19-11-17(25)7-9-20(19)31-5/h7,9,11,13,16,18H,6,8,10,12H2,1-5H3/b27-22?,28-23-. The number of carbonyl (C=O) groups is 1. The fraction of sp³-hybridized carbons (Fsp3) is 0.500. The van der Waals surface area contributed by atoms with E-state index in [1.165, 1.54) is 11.8 Å². The lowest BCUT2D eigenvalue weighted by Gasteiger charge is -2.15. The van der Waals surface area contributed by atoms with Gasteiger partial charge in [0.15, 0.2) is 10.6 Å². The highest BCUT2D eigenvalue weighted by atomic mass is 35.5. The van der Waals surface area contributed by atoms with Crippen molar-refractivity contribution < 1.29 is 14.3 Å². The lowest BCUT2D eigenvalue weighted by atomic mass is 9.95. The number of methoxy groups -OCH3 is 1. The Bertz CT molecular complexity index is 1150. The third-order valence-corrected chi connectivity index (χ3v) is 7.18. The smallest absolute Gasteiger partial charge is 0.302 e. The maximum Gasteiger partial charge on any atom is 0.302 e. The van der Waals surface area contributed by atoms with E-state index in [0.29, 0.717) is 22.3 Å². The Labute approximate surface area is 203 Å². The summed E-state index contributed by atoms with van der Waals surface area (Å²) in [5.74, 6) is 0.920. The normalized spacial score (nSPS) is 19.4. The molecule has 0 spiro atoms. The van der Waals surface area contributed by atoms with E-state index in [9.17, 15) is 10.1 Å². The fourth-order valence-electron chi connectivity index (χ4n) is 3.90. The molecular weight excluding hydrogens is 460 g/mol. The van der Waals surface area contributed by atoms with Gasteiger partial charge in [0.1, 0.15) is 11.9 Å². The second kappa shape index (κ2) is 10.5. The molecule has 1 fully saturated rings. The molecule has 0 aliphatic heterocycles. The van der Waals surface area contributed by atoms with E-state index in [4.69, 9.17) is 26.1 Å². The van der Waals surface area contributed by atoms with E-state index < -0.39 is 0 Å². The van der Waals surface area contributed by atoms with Gasteiger partial charge in [0.2, 0.25) is 6.19 Å². The molecule has 0 saturated heterocycles. The zero-order chi connectivity index (χ0) is 24.2. The van der Waals surface area contributed by atoms with Gasteiger partial charge in [-0.15, -0.1) is 11.3 Å². The number of benzene rings is 1. The predicted molar refractivity (Wildman–Crippen MR) is 130 cm³/mol. The minimum Gasteiger partial charge on any atom is -0.496 e. The minimum absolute atomic E-state index is 0.0272. The van der Waals surface area contributed by atoms with Gasteiger partial charge in [-0.3, -0.25) is 4.79 Å². The molecule has 3 rings (SSSR count). The number of thiazole rings is 1. The van der Waals surface area contributed by atoms with Gasteiger partial charge < -0.3 is 14.0 Å². The number of rotatable bonds is 5. The summed E-state index contributed by atoms with van der Waals surface area (Å²) in [5.41, 5.74) is 0.496. The van der Waals surface area contributed by atoms with Crippen LogP contribution in [0.15, 0.2) is 34.4 Å². The summed E-state index contributed by atoms with van der Waals surface area (Å²) in [6.45, 7) is 8.67. The summed E-state index contributed by atoms with van der Waals surface area (Å²) in [5, 5.41) is 9.83. The summed E-state index contributed by atoms with van der Waals surface area (Å²) in [4.78, 5) is 22.0. The van der Waals surface area contributed by atoms with Crippen molar-refractivity contribution in [3.8, 4) is 11.9 Å². The van der Waals surface area contributed by atoms with Gasteiger partial charge in [-0.05, 0) is 48.8 Å². The number of ether oxygens (including phenoxy) is 2. The van der Waals surface area contributed by atoms with Gasteiger partial charge in [0, 0.05) is 29.6 Å². The van der Waals surface area contributed by atoms with Gasteiger partial charge >= 0.3 is 5.97 Å². The third-order valence-electron chi connectivity index (χ3n) is 5.50. The molecule has 2 aromatic rings. The zero-order valence-electron chi connectivity index (χ0n) is 19.6. The van der Waals surface area contributed by atoms with Crippen LogP contribution in [-0.4, -0.2) is 29.6 Å². The van der Waals surface area contributed by atoms with Crippen molar-refractivity contribution in [2.24, 2.45) is 15.9 Å². The number of hydrogen-bond donors (Lipinski definition) is 0. The molecule has 1 aromatic carbocycles. The van der Waals surface area contributed by atoms with Crippen molar-refractivity contribution in [1.82, 2.24) is 4.57 Å². The number of aliphatic imine (C=N–C) groups is 1. The van der Waals surface area contributed by atoms with Gasteiger partial charge in [-0.2, -0.15) is 15.2 Å². The van der Waals surface area contributed by atoms with Gasteiger partial charge in [-0.1, -0.05) is 32.4 Å². The Kier molecular flexibility index (Phi) is 7.98. The number of carbonyl (C=O) groups excluding carboxylic acids is 1. The zero-order valence-corrected chi connectivity index (χ0v) is 21.2. The molecular formula is C24H29ClN4O3S. The molecule has 0 bridgehead atoms. The molecule has 1 heterocycles. The molecule has 0 amide bonds. The first-order valence-electron chi connectivity index (χ1n) is 10.8. The first-order chi connectivity index (χ1) is 15.6. The Hall–Kier alpha value is -2.63. The van der Waals surface area contributed by atoms with Crippen LogP contribution in [0.4, 0.5) is 0 Å². The van der Waals surface area contributed by atoms with Crippen LogP contribution >= 0.6 is 22.9 Å². The molecule has 33 heavy (non-hydrogen) atoms. The second-order valence-corrected chi connectivity index (χ2v) is 10.6. The first-order valence-corrected chi connectivity index (χ1v) is 12.0. The quantitative estimate of drug-likeness (QED) is 0.254. The minimum atomic E-state index is -0.234. The molecule has 9 heteroatoms. The van der Waals surface area contributed by atoms with Gasteiger partial charge in [0.05, 0.1) is 12.7 Å². The van der Waals surface area contributed by atoms with E-state index in [0.717, 1.165) is 30.6 Å². The fourth-order valence-corrected chi connectivity index (χ4v) is 5.13. The van der Waals surface area contributed by atoms with E-state index in [-0.39, 0.29) is 23.3 Å². The van der Waals surface area contributed by atoms with Crippen LogP contribution in [0, 0.1) is 17.4 Å². The van der Waals surface area contributed by atoms with E-state index in [1.54, 1.807) is 36.6 Å². The van der Waals surface area contributed by atoms with E-state index in [1.807, 2.05) is 6.19 Å². The maximum atomic E-state index is 11.3. The summed E-state index contributed by atoms with van der Waals surface area (Å²) in [6, 6.07) is 5.15. The van der Waals surface area contributed by atoms with Crippen LogP contribution < -0.4 is 9.54 Å². The highest BCUT2D eigenvalue weighted by Crippen LogP contribution is 2.31. The van der Waals surface area contributed by atoms with Crippen molar-refractivity contribution in [2.75, 3.05) is 7.11 Å². The number of nitrogens with zero attached hydrogens (tertiary/aromatic N) is 4. The monoisotopic (exact) mass is 488 g/mol. The summed E-state index contributed by atoms with van der Waals surface area (Å²) in [6.07, 6.45) is 6.63. The lowest BCUT2D eigenvalue weighted by molar-refractivity contribution is -0.146. The van der Waals surface area contributed by atoms with Crippen LogP contribution in [0.2, 0.25) is 5.02 Å². The van der Waals surface area contributed by atoms with Crippen molar-refractivity contribution in [3.63, 3.8) is 0 Å². The van der Waals surface area contributed by atoms with Crippen LogP contribution in [0.1, 0.15) is 57.4 Å². The molecule has 1 aromatic heterocycles. The Morgan fingerprint density at radius 3 is 2.76 bits per heavy atom. The highest BCUT2D eigenvalue weighted by Gasteiger charge is 2.28. The molecule has 1 aliphatic rings. The summed E-state index contributed by atoms with van der Waals surface area (Å²) < 4.78 is 13.0. The Morgan fingerprint density at radius 1 is 1.36 bits per heavy atom. The van der Waals surface area contributed by atoms with Crippen LogP contribution in [0.3, 0.4) is 0 Å². The Balaban J connectivity index is 2.03. The number of nitriles is 1. The molecule has 176 valence electrons. The largest absolute Gasteiger partial charge is 0.496 e. The molecule has 0 radical (unpaired) electrons. The average molecular weight is 489 g/mol. The molecule has 2 atom stereocenters. The summed E-state index contributed by atoms with van der Waals surface area (Å²) >= 11 is 7.78. The molecule has 0 N–H and O–H groups in total. The average Bonchev–Trinajstić information content (AvgIpc) is 3.34. The van der Waals surface area contributed by atoms with E-state index in [2.05, 4.69) is 36.5 Å². The molecule has 7 nitrogen and oxygen atoms in total. The van der Waals surface area contributed by atoms with E-state index >= 15 is 0 Å². The number of esters is 1. The van der Waals surface area contributed by atoms with Crippen LogP contribution in [0.5, 0.6) is 5.75 Å². The van der Waals surface area contributed by atoms with Gasteiger partial charge in [0.25, 0.3) is 0 Å². The number of hydrogen-bond acceptors (Lipinski definition) is 6. The van der Waals surface area contributed by atoms with Crippen molar-refractivity contribution in [2.45, 2.75) is 65.0 Å². The van der Waals surface area contributed by atoms with Crippen LogP contribution in [0.25, 0.3) is 0 Å². The SMILES string of the molecule is COc1ccc(Cl)cc1C(=NC#N)/N=c1\sc(C(C)(C)C)cn1CC1CCC(OC(C)=O)C1. The highest BCUT2D eigenvalue weighted by molar-refractivity contribution is 7.09. The second-order valence-electron chi connectivity index (χ2n) is 9.18. The topological polar surface area (TPSA) is 89.0 Å². The Morgan fingerprint density at radius 2 is 2.12 bits per heavy atom.